The molecule has 1 aliphatic rings. The molecule has 0 fully saturated rings. The smallest absolute Gasteiger partial charge is 0.238 e. The molecule has 27 heavy (non-hydrogen) atoms. The van der Waals surface area contributed by atoms with Crippen molar-refractivity contribution in [2.75, 3.05) is 0 Å². The van der Waals surface area contributed by atoms with Gasteiger partial charge in [-0.05, 0) is 42.0 Å². The summed E-state index contributed by atoms with van der Waals surface area (Å²) >= 11 is 6.44. The fourth-order valence-corrected chi connectivity index (χ4v) is 3.91. The van der Waals surface area contributed by atoms with Gasteiger partial charge in [0.1, 0.15) is 11.5 Å². The van der Waals surface area contributed by atoms with E-state index in [0.29, 0.717) is 17.2 Å². The predicted octanol–water partition coefficient (Wildman–Crippen LogP) is 4.49. The number of rotatable bonds is 3. The third-order valence-electron chi connectivity index (χ3n) is 4.47. The number of allylic oxidation sites excluding steroid dienone is 1. The van der Waals surface area contributed by atoms with E-state index in [9.17, 15) is 8.42 Å². The number of halogens is 1. The Balaban J connectivity index is 1.88. The Labute approximate surface area is 162 Å². The van der Waals surface area contributed by atoms with Crippen LogP contribution < -0.4 is 9.88 Å². The first-order chi connectivity index (χ1) is 12.9. The lowest BCUT2D eigenvalue weighted by Gasteiger charge is -2.24. The van der Waals surface area contributed by atoms with Gasteiger partial charge < -0.3 is 4.74 Å². The zero-order chi connectivity index (χ0) is 19.0. The molecule has 6 heteroatoms. The van der Waals surface area contributed by atoms with Crippen molar-refractivity contribution in [2.45, 2.75) is 11.3 Å². The second-order valence-electron chi connectivity index (χ2n) is 6.24. The maximum Gasteiger partial charge on any atom is 0.238 e. The number of benzene rings is 3. The predicted molar refractivity (Wildman–Crippen MR) is 107 cm³/mol. The summed E-state index contributed by atoms with van der Waals surface area (Å²) in [6.45, 7) is 0. The van der Waals surface area contributed by atoms with E-state index in [1.807, 2.05) is 48.5 Å². The SMILES string of the molecule is NS(=O)(=O)c1ccc(C2=C(c3ccccc3Cl)Cc3ccccc3O2)cc1. The molecular formula is C21H16ClNO3S. The Kier molecular flexibility index (Phi) is 4.52. The van der Waals surface area contributed by atoms with Crippen LogP contribution in [0.1, 0.15) is 16.7 Å². The zero-order valence-corrected chi connectivity index (χ0v) is 15.8. The Bertz CT molecular complexity index is 1150. The number of fused-ring (bicyclic) bond motifs is 1. The molecule has 0 bridgehead atoms. The van der Waals surface area contributed by atoms with Crippen LogP contribution in [0.2, 0.25) is 5.02 Å². The molecule has 1 aliphatic heterocycles. The Morgan fingerprint density at radius 3 is 2.26 bits per heavy atom. The topological polar surface area (TPSA) is 69.4 Å². The summed E-state index contributed by atoms with van der Waals surface area (Å²) < 4.78 is 29.3. The van der Waals surface area contributed by atoms with Gasteiger partial charge in [-0.2, -0.15) is 0 Å². The molecule has 3 aromatic carbocycles. The molecular weight excluding hydrogens is 382 g/mol. The molecule has 0 aromatic heterocycles. The van der Waals surface area contributed by atoms with Gasteiger partial charge in [-0.25, -0.2) is 13.6 Å². The van der Waals surface area contributed by atoms with Crippen LogP contribution >= 0.6 is 11.6 Å². The number of primary sulfonamides is 1. The Morgan fingerprint density at radius 2 is 1.56 bits per heavy atom. The van der Waals surface area contributed by atoms with E-state index in [1.165, 1.54) is 12.1 Å². The average molecular weight is 398 g/mol. The van der Waals surface area contributed by atoms with Crippen LogP contribution in [0.25, 0.3) is 11.3 Å². The van der Waals surface area contributed by atoms with Crippen LogP contribution in [0.15, 0.2) is 77.7 Å². The van der Waals surface area contributed by atoms with E-state index in [1.54, 1.807) is 12.1 Å². The van der Waals surface area contributed by atoms with Crippen molar-refractivity contribution in [3.63, 3.8) is 0 Å². The minimum Gasteiger partial charge on any atom is -0.456 e. The van der Waals surface area contributed by atoms with Crippen molar-refractivity contribution in [2.24, 2.45) is 5.14 Å². The lowest BCUT2D eigenvalue weighted by molar-refractivity contribution is 0.502. The van der Waals surface area contributed by atoms with Gasteiger partial charge in [0, 0.05) is 28.1 Å². The minimum absolute atomic E-state index is 0.0577. The molecule has 0 saturated heterocycles. The molecule has 4 nitrogen and oxygen atoms in total. The molecule has 0 atom stereocenters. The highest BCUT2D eigenvalue weighted by Crippen LogP contribution is 2.40. The lowest BCUT2D eigenvalue weighted by Crippen LogP contribution is -2.13. The van der Waals surface area contributed by atoms with Crippen molar-refractivity contribution >= 4 is 33.0 Å². The summed E-state index contributed by atoms with van der Waals surface area (Å²) in [5, 5.41) is 5.83. The first-order valence-electron chi connectivity index (χ1n) is 8.30. The largest absolute Gasteiger partial charge is 0.456 e. The van der Waals surface area contributed by atoms with E-state index in [0.717, 1.165) is 28.0 Å². The van der Waals surface area contributed by atoms with Crippen molar-refractivity contribution in [3.05, 3.63) is 94.5 Å². The van der Waals surface area contributed by atoms with E-state index in [4.69, 9.17) is 21.5 Å². The minimum atomic E-state index is -3.75. The lowest BCUT2D eigenvalue weighted by atomic mass is 9.92. The Hall–Kier alpha value is -2.60. The third kappa shape index (κ3) is 3.49. The van der Waals surface area contributed by atoms with Gasteiger partial charge >= 0.3 is 0 Å². The van der Waals surface area contributed by atoms with E-state index in [2.05, 4.69) is 0 Å². The molecule has 0 spiro atoms. The van der Waals surface area contributed by atoms with Crippen molar-refractivity contribution in [1.29, 1.82) is 0 Å². The third-order valence-corrected chi connectivity index (χ3v) is 5.73. The van der Waals surface area contributed by atoms with E-state index in [-0.39, 0.29) is 4.90 Å². The van der Waals surface area contributed by atoms with Crippen molar-refractivity contribution in [3.8, 4) is 5.75 Å². The average Bonchev–Trinajstić information content (AvgIpc) is 2.67. The molecule has 0 aliphatic carbocycles. The standard InChI is InChI=1S/C21H16ClNO3S/c22-19-7-3-2-6-17(19)18-13-15-5-1-4-8-20(15)26-21(18)14-9-11-16(12-10-14)27(23,24)25/h1-12H,13H2,(H2,23,24,25). The normalized spacial score (nSPS) is 13.9. The number of ether oxygens (including phenoxy) is 1. The van der Waals surface area contributed by atoms with Crippen LogP contribution in [0.5, 0.6) is 5.75 Å². The molecule has 2 N–H and O–H groups in total. The van der Waals surface area contributed by atoms with Gasteiger partial charge in [-0.1, -0.05) is 48.0 Å². The number of sulfonamides is 1. The molecule has 0 amide bonds. The van der Waals surface area contributed by atoms with Crippen molar-refractivity contribution < 1.29 is 13.2 Å². The van der Waals surface area contributed by atoms with Gasteiger partial charge in [-0.3, -0.25) is 0 Å². The first kappa shape index (κ1) is 17.8. The monoisotopic (exact) mass is 397 g/mol. The van der Waals surface area contributed by atoms with Crippen LogP contribution in [-0.2, 0) is 16.4 Å². The van der Waals surface area contributed by atoms with Crippen molar-refractivity contribution in [1.82, 2.24) is 0 Å². The highest BCUT2D eigenvalue weighted by atomic mass is 35.5. The summed E-state index contributed by atoms with van der Waals surface area (Å²) in [6, 6.07) is 21.8. The summed E-state index contributed by atoms with van der Waals surface area (Å²) in [6.07, 6.45) is 0.659. The summed E-state index contributed by atoms with van der Waals surface area (Å²) in [5.74, 6) is 1.43. The van der Waals surface area contributed by atoms with Crippen LogP contribution in [0.3, 0.4) is 0 Å². The maximum atomic E-state index is 11.5. The Morgan fingerprint density at radius 1 is 0.889 bits per heavy atom. The second kappa shape index (κ2) is 6.85. The second-order valence-corrected chi connectivity index (χ2v) is 8.21. The quantitative estimate of drug-likeness (QED) is 0.707. The molecule has 0 radical (unpaired) electrons. The summed E-state index contributed by atoms with van der Waals surface area (Å²) in [4.78, 5) is 0.0577. The number of para-hydroxylation sites is 1. The highest BCUT2D eigenvalue weighted by molar-refractivity contribution is 7.89. The molecule has 0 unspecified atom stereocenters. The van der Waals surface area contributed by atoms with Crippen LogP contribution in [0, 0.1) is 0 Å². The fourth-order valence-electron chi connectivity index (χ4n) is 3.14. The molecule has 4 rings (SSSR count). The highest BCUT2D eigenvalue weighted by Gasteiger charge is 2.23. The van der Waals surface area contributed by atoms with E-state index < -0.39 is 10.0 Å². The van der Waals surface area contributed by atoms with Gasteiger partial charge in [0.2, 0.25) is 10.0 Å². The van der Waals surface area contributed by atoms with E-state index >= 15 is 0 Å². The van der Waals surface area contributed by atoms with Crippen LogP contribution in [0.4, 0.5) is 0 Å². The molecule has 136 valence electrons. The number of hydrogen-bond donors (Lipinski definition) is 1. The molecule has 1 heterocycles. The van der Waals surface area contributed by atoms with Gasteiger partial charge in [0.25, 0.3) is 0 Å². The van der Waals surface area contributed by atoms with Crippen LogP contribution in [-0.4, -0.2) is 8.42 Å². The molecule has 3 aromatic rings. The first-order valence-corrected chi connectivity index (χ1v) is 10.2. The van der Waals surface area contributed by atoms with Gasteiger partial charge in [0.15, 0.2) is 0 Å². The van der Waals surface area contributed by atoms with Gasteiger partial charge in [0.05, 0.1) is 4.90 Å². The summed E-state index contributed by atoms with van der Waals surface area (Å²) in [7, 11) is -3.75. The summed E-state index contributed by atoms with van der Waals surface area (Å²) in [5.41, 5.74) is 3.66. The fraction of sp³-hybridized carbons (Fsp3) is 0.0476. The molecule has 0 saturated carbocycles. The number of hydrogen-bond acceptors (Lipinski definition) is 3. The maximum absolute atomic E-state index is 11.5. The number of nitrogens with two attached hydrogens (primary N) is 1. The zero-order valence-electron chi connectivity index (χ0n) is 14.2. The van der Waals surface area contributed by atoms with Gasteiger partial charge in [-0.15, -0.1) is 0 Å².